The number of aromatic nitrogens is 1. The van der Waals surface area contributed by atoms with Crippen molar-refractivity contribution >= 4 is 28.2 Å². The van der Waals surface area contributed by atoms with Crippen LogP contribution in [-0.4, -0.2) is 10.5 Å². The number of nitrogens with two attached hydrogens (primary N) is 1. The number of amides is 1. The molecular formula is C19H19N3O2. The number of benzene rings is 2. The normalized spacial score (nSPS) is 10.8. The molecule has 1 amide bonds. The van der Waals surface area contributed by atoms with Crippen LogP contribution in [-0.2, 0) is 13.5 Å². The molecule has 1 heterocycles. The maximum atomic E-state index is 12.7. The van der Waals surface area contributed by atoms with Crippen LogP contribution < -0.4 is 16.5 Å². The van der Waals surface area contributed by atoms with Gasteiger partial charge in [0.15, 0.2) is 0 Å². The lowest BCUT2D eigenvalue weighted by molar-refractivity contribution is 0.102. The molecule has 0 fully saturated rings. The molecule has 0 atom stereocenters. The Bertz CT molecular complexity index is 972. The zero-order valence-corrected chi connectivity index (χ0v) is 13.7. The van der Waals surface area contributed by atoms with E-state index in [9.17, 15) is 9.59 Å². The number of fused-ring (bicyclic) bond motifs is 1. The fourth-order valence-electron chi connectivity index (χ4n) is 2.74. The molecule has 0 unspecified atom stereocenters. The Morgan fingerprint density at radius 1 is 1.17 bits per heavy atom. The lowest BCUT2D eigenvalue weighted by Crippen LogP contribution is -2.24. The molecule has 0 aliphatic carbocycles. The first kappa shape index (κ1) is 15.8. The molecule has 0 saturated carbocycles. The van der Waals surface area contributed by atoms with Gasteiger partial charge in [-0.2, -0.15) is 0 Å². The summed E-state index contributed by atoms with van der Waals surface area (Å²) in [5, 5.41) is 3.14. The number of nitrogens with one attached hydrogen (secondary N) is 1. The number of aryl methyl sites for hydroxylation is 2. The first-order valence-electron chi connectivity index (χ1n) is 7.79. The molecule has 0 aliphatic rings. The Morgan fingerprint density at radius 3 is 2.54 bits per heavy atom. The Morgan fingerprint density at radius 2 is 1.88 bits per heavy atom. The second-order valence-corrected chi connectivity index (χ2v) is 5.73. The van der Waals surface area contributed by atoms with E-state index in [0.717, 1.165) is 6.42 Å². The fourth-order valence-corrected chi connectivity index (χ4v) is 2.74. The number of carbonyl (C=O) groups excluding carboxylic acids is 1. The summed E-state index contributed by atoms with van der Waals surface area (Å²) in [5.74, 6) is -0.440. The minimum atomic E-state index is -0.440. The van der Waals surface area contributed by atoms with Gasteiger partial charge in [-0.1, -0.05) is 25.1 Å². The fraction of sp³-hybridized carbons (Fsp3) is 0.158. The van der Waals surface area contributed by atoms with Crippen LogP contribution in [0.4, 0.5) is 11.4 Å². The maximum Gasteiger partial charge on any atom is 0.261 e. The van der Waals surface area contributed by atoms with E-state index < -0.39 is 5.91 Å². The van der Waals surface area contributed by atoms with Crippen molar-refractivity contribution in [1.29, 1.82) is 0 Å². The molecule has 3 aromatic rings. The van der Waals surface area contributed by atoms with Gasteiger partial charge in [0.05, 0.1) is 10.9 Å². The number of nitrogen functional groups attached to an aromatic ring is 1. The molecule has 0 aliphatic heterocycles. The van der Waals surface area contributed by atoms with Crippen molar-refractivity contribution in [3.63, 3.8) is 0 Å². The summed E-state index contributed by atoms with van der Waals surface area (Å²) >= 11 is 0. The highest BCUT2D eigenvalue weighted by atomic mass is 16.2. The van der Waals surface area contributed by atoms with Crippen LogP contribution in [0.5, 0.6) is 0 Å². The van der Waals surface area contributed by atoms with Crippen LogP contribution in [0.15, 0.2) is 53.5 Å². The minimum absolute atomic E-state index is 0.0717. The smallest absolute Gasteiger partial charge is 0.261 e. The molecule has 0 saturated heterocycles. The number of anilines is 2. The number of nitrogens with zero attached hydrogens (tertiary/aromatic N) is 1. The Balaban J connectivity index is 2.02. The van der Waals surface area contributed by atoms with E-state index >= 15 is 0 Å². The molecule has 2 aromatic carbocycles. The molecule has 0 bridgehead atoms. The van der Waals surface area contributed by atoms with Crippen LogP contribution in [0.3, 0.4) is 0 Å². The van der Waals surface area contributed by atoms with Crippen molar-refractivity contribution < 1.29 is 4.79 Å². The topological polar surface area (TPSA) is 77.1 Å². The third-order valence-electron chi connectivity index (χ3n) is 4.11. The summed E-state index contributed by atoms with van der Waals surface area (Å²) in [6.45, 7) is 2.07. The van der Waals surface area contributed by atoms with Crippen molar-refractivity contribution in [3.8, 4) is 0 Å². The summed E-state index contributed by atoms with van der Waals surface area (Å²) in [7, 11) is 1.79. The van der Waals surface area contributed by atoms with Crippen molar-refractivity contribution in [1.82, 2.24) is 4.57 Å². The molecule has 122 valence electrons. The maximum absolute atomic E-state index is 12.7. The van der Waals surface area contributed by atoms with E-state index in [0.29, 0.717) is 22.3 Å². The summed E-state index contributed by atoms with van der Waals surface area (Å²) in [5.41, 5.74) is 8.55. The lowest BCUT2D eigenvalue weighted by Gasteiger charge is -2.11. The van der Waals surface area contributed by atoms with Gasteiger partial charge in [-0.05, 0) is 36.2 Å². The first-order chi connectivity index (χ1) is 11.5. The minimum Gasteiger partial charge on any atom is -0.398 e. The van der Waals surface area contributed by atoms with Crippen LogP contribution in [0.25, 0.3) is 10.9 Å². The number of rotatable bonds is 3. The van der Waals surface area contributed by atoms with Crippen LogP contribution in [0.2, 0.25) is 0 Å². The molecular weight excluding hydrogens is 302 g/mol. The molecule has 24 heavy (non-hydrogen) atoms. The van der Waals surface area contributed by atoms with Gasteiger partial charge < -0.3 is 15.6 Å². The van der Waals surface area contributed by atoms with Gasteiger partial charge in [-0.25, -0.2) is 0 Å². The van der Waals surface area contributed by atoms with Gasteiger partial charge >= 0.3 is 0 Å². The van der Waals surface area contributed by atoms with Gasteiger partial charge in [0.25, 0.3) is 5.91 Å². The Hall–Kier alpha value is -3.08. The highest BCUT2D eigenvalue weighted by molar-refractivity contribution is 6.06. The van der Waals surface area contributed by atoms with Gasteiger partial charge in [0.2, 0.25) is 5.43 Å². The monoisotopic (exact) mass is 321 g/mol. The molecule has 0 spiro atoms. The predicted molar refractivity (Wildman–Crippen MR) is 97.4 cm³/mol. The second-order valence-electron chi connectivity index (χ2n) is 5.73. The van der Waals surface area contributed by atoms with E-state index in [4.69, 9.17) is 5.73 Å². The first-order valence-corrected chi connectivity index (χ1v) is 7.79. The van der Waals surface area contributed by atoms with E-state index in [2.05, 4.69) is 12.2 Å². The molecule has 5 heteroatoms. The number of hydrogen-bond acceptors (Lipinski definition) is 3. The quantitative estimate of drug-likeness (QED) is 0.728. The molecule has 3 rings (SSSR count). The van der Waals surface area contributed by atoms with Crippen molar-refractivity contribution in [2.75, 3.05) is 11.1 Å². The standard InChI is InChI=1S/C19H19N3O2/c1-3-12-7-9-13(10-8-12)21-19(24)14-11-22(2)16-6-4-5-15(20)17(16)18(14)23/h4-11H,3,20H2,1-2H3,(H,21,24). The highest BCUT2D eigenvalue weighted by Gasteiger charge is 2.16. The summed E-state index contributed by atoms with van der Waals surface area (Å²) in [4.78, 5) is 25.2. The molecule has 1 aromatic heterocycles. The summed E-state index contributed by atoms with van der Waals surface area (Å²) < 4.78 is 1.74. The zero-order chi connectivity index (χ0) is 17.3. The predicted octanol–water partition coefficient (Wildman–Crippen LogP) is 2.94. The molecule has 0 radical (unpaired) electrons. The number of hydrogen-bond donors (Lipinski definition) is 2. The summed E-state index contributed by atoms with van der Waals surface area (Å²) in [6, 6.07) is 12.8. The number of pyridine rings is 1. The SMILES string of the molecule is CCc1ccc(NC(=O)c2cn(C)c3cccc(N)c3c2=O)cc1. The Kier molecular flexibility index (Phi) is 4.08. The van der Waals surface area contributed by atoms with Gasteiger partial charge in [-0.15, -0.1) is 0 Å². The van der Waals surface area contributed by atoms with E-state index in [1.54, 1.807) is 36.0 Å². The van der Waals surface area contributed by atoms with E-state index in [-0.39, 0.29) is 11.0 Å². The average Bonchev–Trinajstić information content (AvgIpc) is 2.58. The van der Waals surface area contributed by atoms with Crippen LogP contribution >= 0.6 is 0 Å². The van der Waals surface area contributed by atoms with Crippen molar-refractivity contribution in [2.45, 2.75) is 13.3 Å². The lowest BCUT2D eigenvalue weighted by atomic mass is 10.1. The van der Waals surface area contributed by atoms with Crippen LogP contribution in [0, 0.1) is 0 Å². The van der Waals surface area contributed by atoms with Crippen molar-refractivity contribution in [3.05, 3.63) is 70.0 Å². The number of carbonyl (C=O) groups is 1. The Labute approximate surface area is 139 Å². The third kappa shape index (κ3) is 2.76. The highest BCUT2D eigenvalue weighted by Crippen LogP contribution is 2.18. The molecule has 5 nitrogen and oxygen atoms in total. The van der Waals surface area contributed by atoms with E-state index in [1.807, 2.05) is 24.3 Å². The van der Waals surface area contributed by atoms with Crippen molar-refractivity contribution in [2.24, 2.45) is 7.05 Å². The van der Waals surface area contributed by atoms with Gasteiger partial charge in [0.1, 0.15) is 5.56 Å². The molecule has 3 N–H and O–H groups in total. The zero-order valence-electron chi connectivity index (χ0n) is 13.7. The second kappa shape index (κ2) is 6.20. The van der Waals surface area contributed by atoms with Crippen LogP contribution in [0.1, 0.15) is 22.8 Å². The average molecular weight is 321 g/mol. The van der Waals surface area contributed by atoms with Gasteiger partial charge in [0, 0.05) is 24.6 Å². The summed E-state index contributed by atoms with van der Waals surface area (Å²) in [6.07, 6.45) is 2.47. The van der Waals surface area contributed by atoms with E-state index in [1.165, 1.54) is 5.56 Å². The largest absolute Gasteiger partial charge is 0.398 e. The van der Waals surface area contributed by atoms with Gasteiger partial charge in [-0.3, -0.25) is 9.59 Å². The third-order valence-corrected chi connectivity index (χ3v) is 4.11.